The summed E-state index contributed by atoms with van der Waals surface area (Å²) in [6.07, 6.45) is 2.52. The SMILES string of the molecule is CCc1cccc(NC(=O)CN2C(=O)CC(c3ccc(OC)cc3)=Nc3cccnc32)c1. The van der Waals surface area contributed by atoms with Gasteiger partial charge in [0, 0.05) is 11.9 Å². The van der Waals surface area contributed by atoms with Crippen LogP contribution in [0.15, 0.2) is 71.9 Å². The molecule has 7 nitrogen and oxygen atoms in total. The van der Waals surface area contributed by atoms with Crippen LogP contribution in [0.3, 0.4) is 0 Å². The van der Waals surface area contributed by atoms with Gasteiger partial charge in [-0.3, -0.25) is 14.5 Å². The quantitative estimate of drug-likeness (QED) is 0.639. The lowest BCUT2D eigenvalue weighted by molar-refractivity contribution is -0.120. The molecule has 0 unspecified atom stereocenters. The number of aromatic nitrogens is 1. The predicted molar refractivity (Wildman–Crippen MR) is 125 cm³/mol. The third-order valence-electron chi connectivity index (χ3n) is 5.24. The van der Waals surface area contributed by atoms with E-state index in [2.05, 4.69) is 17.2 Å². The lowest BCUT2D eigenvalue weighted by Crippen LogP contribution is -2.39. The molecular formula is C25H24N4O3. The number of aliphatic imine (C=N–C) groups is 1. The van der Waals surface area contributed by atoms with Crippen molar-refractivity contribution in [1.29, 1.82) is 0 Å². The molecule has 2 heterocycles. The standard InChI is InChI=1S/C25H24N4O3/c1-3-17-6-4-7-19(14-17)27-23(30)16-29-24(31)15-22(18-9-11-20(32-2)12-10-18)28-21-8-5-13-26-25(21)29/h4-14H,3,15-16H2,1-2H3,(H,27,30). The third-order valence-corrected chi connectivity index (χ3v) is 5.24. The minimum Gasteiger partial charge on any atom is -0.497 e. The number of amides is 2. The molecule has 0 spiro atoms. The number of ether oxygens (including phenoxy) is 1. The number of anilines is 2. The first kappa shape index (κ1) is 21.2. The number of aryl methyl sites for hydroxylation is 1. The van der Waals surface area contributed by atoms with Crippen molar-refractivity contribution in [2.75, 3.05) is 23.9 Å². The fraction of sp³-hybridized carbons (Fsp3) is 0.200. The smallest absolute Gasteiger partial charge is 0.244 e. The normalized spacial score (nSPS) is 13.1. The van der Waals surface area contributed by atoms with Crippen molar-refractivity contribution in [2.45, 2.75) is 19.8 Å². The summed E-state index contributed by atoms with van der Waals surface area (Å²) in [5, 5.41) is 2.88. The summed E-state index contributed by atoms with van der Waals surface area (Å²) in [4.78, 5) is 36.4. The van der Waals surface area contributed by atoms with Gasteiger partial charge < -0.3 is 10.1 Å². The number of fused-ring (bicyclic) bond motifs is 1. The highest BCUT2D eigenvalue weighted by atomic mass is 16.5. The molecule has 0 fully saturated rings. The first-order chi connectivity index (χ1) is 15.6. The molecule has 0 bridgehead atoms. The Balaban J connectivity index is 1.58. The Morgan fingerprint density at radius 2 is 1.94 bits per heavy atom. The molecule has 0 saturated heterocycles. The molecule has 32 heavy (non-hydrogen) atoms. The summed E-state index contributed by atoms with van der Waals surface area (Å²) in [5.74, 6) is 0.561. The van der Waals surface area contributed by atoms with Crippen LogP contribution in [-0.2, 0) is 16.0 Å². The first-order valence-corrected chi connectivity index (χ1v) is 10.4. The Kier molecular flexibility index (Phi) is 6.26. The van der Waals surface area contributed by atoms with Crippen molar-refractivity contribution in [3.63, 3.8) is 0 Å². The average Bonchev–Trinajstić information content (AvgIpc) is 2.95. The molecule has 4 rings (SSSR count). The Hall–Kier alpha value is -4.00. The minimum atomic E-state index is -0.295. The summed E-state index contributed by atoms with van der Waals surface area (Å²) >= 11 is 0. The topological polar surface area (TPSA) is 83.9 Å². The van der Waals surface area contributed by atoms with Crippen molar-refractivity contribution >= 4 is 34.7 Å². The molecule has 2 amide bonds. The molecule has 0 radical (unpaired) electrons. The second kappa shape index (κ2) is 9.43. The molecule has 162 valence electrons. The van der Waals surface area contributed by atoms with E-state index in [1.54, 1.807) is 25.4 Å². The highest BCUT2D eigenvalue weighted by Gasteiger charge is 2.27. The number of rotatable bonds is 6. The van der Waals surface area contributed by atoms with Gasteiger partial charge in [-0.2, -0.15) is 0 Å². The van der Waals surface area contributed by atoms with E-state index in [-0.39, 0.29) is 24.8 Å². The van der Waals surface area contributed by atoms with Gasteiger partial charge in [0.1, 0.15) is 18.0 Å². The Bertz CT molecular complexity index is 1170. The highest BCUT2D eigenvalue weighted by Crippen LogP contribution is 2.31. The maximum absolute atomic E-state index is 13.2. The van der Waals surface area contributed by atoms with Gasteiger partial charge in [0.15, 0.2) is 5.82 Å². The fourth-order valence-electron chi connectivity index (χ4n) is 3.55. The van der Waals surface area contributed by atoms with E-state index >= 15 is 0 Å². The average molecular weight is 428 g/mol. The molecule has 1 aliphatic rings. The number of hydrogen-bond donors (Lipinski definition) is 1. The molecular weight excluding hydrogens is 404 g/mol. The van der Waals surface area contributed by atoms with E-state index in [9.17, 15) is 9.59 Å². The van der Waals surface area contributed by atoms with E-state index in [0.29, 0.717) is 22.9 Å². The predicted octanol–water partition coefficient (Wildman–Crippen LogP) is 4.15. The number of carbonyl (C=O) groups excluding carboxylic acids is 2. The van der Waals surface area contributed by atoms with Crippen molar-refractivity contribution in [2.24, 2.45) is 4.99 Å². The van der Waals surface area contributed by atoms with Crippen molar-refractivity contribution in [3.8, 4) is 5.75 Å². The van der Waals surface area contributed by atoms with Gasteiger partial charge >= 0.3 is 0 Å². The maximum Gasteiger partial charge on any atom is 0.244 e. The lowest BCUT2D eigenvalue weighted by atomic mass is 10.1. The fourth-order valence-corrected chi connectivity index (χ4v) is 3.55. The number of pyridine rings is 1. The Morgan fingerprint density at radius 3 is 2.69 bits per heavy atom. The van der Waals surface area contributed by atoms with Crippen LogP contribution in [0.25, 0.3) is 0 Å². The number of methoxy groups -OCH3 is 1. The van der Waals surface area contributed by atoms with Crippen LogP contribution in [0.5, 0.6) is 5.75 Å². The summed E-state index contributed by atoms with van der Waals surface area (Å²) in [6.45, 7) is 1.91. The van der Waals surface area contributed by atoms with Gasteiger partial charge in [-0.05, 0) is 66.1 Å². The van der Waals surface area contributed by atoms with E-state index in [1.165, 1.54) is 4.90 Å². The van der Waals surface area contributed by atoms with Crippen LogP contribution in [0.1, 0.15) is 24.5 Å². The molecule has 1 N–H and O–H groups in total. The van der Waals surface area contributed by atoms with Gasteiger partial charge in [-0.15, -0.1) is 0 Å². The van der Waals surface area contributed by atoms with Crippen LogP contribution in [-0.4, -0.2) is 36.2 Å². The molecule has 1 aromatic heterocycles. The highest BCUT2D eigenvalue weighted by molar-refractivity contribution is 6.18. The van der Waals surface area contributed by atoms with Crippen LogP contribution in [0, 0.1) is 0 Å². The van der Waals surface area contributed by atoms with E-state index < -0.39 is 0 Å². The van der Waals surface area contributed by atoms with Crippen LogP contribution in [0.4, 0.5) is 17.2 Å². The van der Waals surface area contributed by atoms with Crippen LogP contribution >= 0.6 is 0 Å². The van der Waals surface area contributed by atoms with Gasteiger partial charge in [-0.25, -0.2) is 9.98 Å². The number of hydrogen-bond acceptors (Lipinski definition) is 5. The van der Waals surface area contributed by atoms with E-state index in [1.807, 2.05) is 48.5 Å². The van der Waals surface area contributed by atoms with Crippen molar-refractivity contribution in [1.82, 2.24) is 4.98 Å². The first-order valence-electron chi connectivity index (χ1n) is 10.4. The number of benzene rings is 2. The molecule has 7 heteroatoms. The van der Waals surface area contributed by atoms with Gasteiger partial charge in [0.05, 0.1) is 19.2 Å². The lowest BCUT2D eigenvalue weighted by Gasteiger charge is -2.20. The van der Waals surface area contributed by atoms with Gasteiger partial charge in [0.25, 0.3) is 0 Å². The summed E-state index contributed by atoms with van der Waals surface area (Å²) in [5.41, 5.74) is 3.80. The van der Waals surface area contributed by atoms with Gasteiger partial charge in [-0.1, -0.05) is 19.1 Å². The molecule has 1 aliphatic heterocycles. The van der Waals surface area contributed by atoms with E-state index in [4.69, 9.17) is 9.73 Å². The zero-order chi connectivity index (χ0) is 22.5. The Labute approximate surface area is 186 Å². The molecule has 2 aromatic carbocycles. The third kappa shape index (κ3) is 4.67. The molecule has 0 aliphatic carbocycles. The largest absolute Gasteiger partial charge is 0.497 e. The van der Waals surface area contributed by atoms with Crippen LogP contribution < -0.4 is 15.0 Å². The zero-order valence-electron chi connectivity index (χ0n) is 18.0. The number of carbonyl (C=O) groups is 2. The van der Waals surface area contributed by atoms with Gasteiger partial charge in [0.2, 0.25) is 11.8 Å². The van der Waals surface area contributed by atoms with Crippen LogP contribution in [0.2, 0.25) is 0 Å². The maximum atomic E-state index is 13.2. The van der Waals surface area contributed by atoms with E-state index in [0.717, 1.165) is 23.3 Å². The number of nitrogens with zero attached hydrogens (tertiary/aromatic N) is 3. The second-order valence-corrected chi connectivity index (χ2v) is 7.39. The summed E-state index contributed by atoms with van der Waals surface area (Å²) < 4.78 is 5.21. The summed E-state index contributed by atoms with van der Waals surface area (Å²) in [6, 6.07) is 18.6. The molecule has 0 saturated carbocycles. The monoisotopic (exact) mass is 428 g/mol. The van der Waals surface area contributed by atoms with Crippen molar-refractivity contribution in [3.05, 3.63) is 78.0 Å². The molecule has 3 aromatic rings. The number of nitrogens with one attached hydrogen (secondary N) is 1. The minimum absolute atomic E-state index is 0.0568. The molecule has 0 atom stereocenters. The zero-order valence-corrected chi connectivity index (χ0v) is 18.0. The second-order valence-electron chi connectivity index (χ2n) is 7.39. The Morgan fingerprint density at radius 1 is 1.12 bits per heavy atom. The van der Waals surface area contributed by atoms with Crippen molar-refractivity contribution < 1.29 is 14.3 Å². The summed E-state index contributed by atoms with van der Waals surface area (Å²) in [7, 11) is 1.60.